The van der Waals surface area contributed by atoms with Gasteiger partial charge in [-0.3, -0.25) is 0 Å². The first-order chi connectivity index (χ1) is 9.60. The summed E-state index contributed by atoms with van der Waals surface area (Å²) in [6.45, 7) is 4.72. The van der Waals surface area contributed by atoms with Crippen molar-refractivity contribution in [1.29, 1.82) is 0 Å². The minimum Gasteiger partial charge on any atom is -0.0836 e. The van der Waals surface area contributed by atoms with Crippen LogP contribution in [0.25, 0.3) is 17.2 Å². The van der Waals surface area contributed by atoms with Crippen LogP contribution in [0, 0.1) is 0 Å². The van der Waals surface area contributed by atoms with E-state index in [1.807, 2.05) is 0 Å². The molecule has 0 nitrogen and oxygen atoms in total. The van der Waals surface area contributed by atoms with E-state index in [-0.39, 0.29) is 5.41 Å². The van der Waals surface area contributed by atoms with Crippen molar-refractivity contribution in [3.63, 3.8) is 0 Å². The summed E-state index contributed by atoms with van der Waals surface area (Å²) >= 11 is 3.76. The van der Waals surface area contributed by atoms with E-state index in [0.717, 1.165) is 6.42 Å². The van der Waals surface area contributed by atoms with Gasteiger partial charge in [0.05, 0.1) is 0 Å². The fourth-order valence-electron chi connectivity index (χ4n) is 3.97. The third kappa shape index (κ3) is 1.47. The lowest BCUT2D eigenvalue weighted by molar-refractivity contribution is 0.646. The standard InChI is InChI=1S/C19H17Br/c1-19(2)17-13-7-4-3-6-12(13)10-11-15(17)14-8-5-9-16(20)18(14)19/h3,5-6,8-11H,4,7H2,1-2H3. The Morgan fingerprint density at radius 1 is 1.00 bits per heavy atom. The van der Waals surface area contributed by atoms with E-state index in [0.29, 0.717) is 0 Å². The van der Waals surface area contributed by atoms with Crippen LogP contribution in [0.3, 0.4) is 0 Å². The summed E-state index contributed by atoms with van der Waals surface area (Å²) < 4.78 is 1.23. The molecule has 1 heteroatoms. The minimum atomic E-state index is 0.0846. The number of allylic oxidation sites excluding steroid dienone is 1. The quantitative estimate of drug-likeness (QED) is 0.581. The molecular formula is C19H17Br. The lowest BCUT2D eigenvalue weighted by Crippen LogP contribution is -2.19. The van der Waals surface area contributed by atoms with E-state index < -0.39 is 0 Å². The van der Waals surface area contributed by atoms with Gasteiger partial charge in [0.15, 0.2) is 0 Å². The van der Waals surface area contributed by atoms with Crippen LogP contribution in [-0.2, 0) is 11.8 Å². The summed E-state index contributed by atoms with van der Waals surface area (Å²) in [5, 5.41) is 0. The van der Waals surface area contributed by atoms with E-state index in [1.54, 1.807) is 11.1 Å². The molecule has 2 aliphatic carbocycles. The number of hydrogen-bond donors (Lipinski definition) is 0. The molecule has 2 aromatic carbocycles. The molecule has 0 bridgehead atoms. The van der Waals surface area contributed by atoms with Gasteiger partial charge in [-0.15, -0.1) is 0 Å². The van der Waals surface area contributed by atoms with Gasteiger partial charge in [-0.2, -0.15) is 0 Å². The second-order valence-electron chi connectivity index (χ2n) is 6.28. The average Bonchev–Trinajstić information content (AvgIpc) is 2.69. The Labute approximate surface area is 128 Å². The highest BCUT2D eigenvalue weighted by atomic mass is 79.9. The van der Waals surface area contributed by atoms with Crippen LogP contribution in [-0.4, -0.2) is 0 Å². The highest BCUT2D eigenvalue weighted by Crippen LogP contribution is 2.53. The zero-order valence-corrected chi connectivity index (χ0v) is 13.4. The first kappa shape index (κ1) is 12.4. The molecule has 2 aromatic rings. The van der Waals surface area contributed by atoms with Crippen LogP contribution in [0.2, 0.25) is 0 Å². The van der Waals surface area contributed by atoms with Crippen LogP contribution in [0.1, 0.15) is 42.5 Å². The van der Waals surface area contributed by atoms with E-state index in [2.05, 4.69) is 72.3 Å². The maximum atomic E-state index is 3.76. The molecule has 0 saturated carbocycles. The van der Waals surface area contributed by atoms with Gasteiger partial charge in [0.25, 0.3) is 0 Å². The average molecular weight is 325 g/mol. The predicted molar refractivity (Wildman–Crippen MR) is 89.1 cm³/mol. The van der Waals surface area contributed by atoms with Gasteiger partial charge in [-0.1, -0.05) is 66.2 Å². The van der Waals surface area contributed by atoms with Crippen molar-refractivity contribution >= 4 is 22.0 Å². The molecule has 0 amide bonds. The van der Waals surface area contributed by atoms with Crippen molar-refractivity contribution in [3.8, 4) is 11.1 Å². The molecule has 0 heterocycles. The molecule has 0 unspecified atom stereocenters. The molecule has 0 aliphatic heterocycles. The fraction of sp³-hybridized carbons (Fsp3) is 0.263. The molecule has 0 spiro atoms. The minimum absolute atomic E-state index is 0.0846. The van der Waals surface area contributed by atoms with E-state index in [4.69, 9.17) is 0 Å². The van der Waals surface area contributed by atoms with Gasteiger partial charge in [0, 0.05) is 9.89 Å². The van der Waals surface area contributed by atoms with Crippen molar-refractivity contribution in [2.24, 2.45) is 0 Å². The summed E-state index contributed by atoms with van der Waals surface area (Å²) in [4.78, 5) is 0. The van der Waals surface area contributed by atoms with Crippen LogP contribution in [0.4, 0.5) is 0 Å². The molecule has 2 aliphatic rings. The number of rotatable bonds is 0. The number of hydrogen-bond acceptors (Lipinski definition) is 0. The van der Waals surface area contributed by atoms with E-state index >= 15 is 0 Å². The van der Waals surface area contributed by atoms with Crippen molar-refractivity contribution in [3.05, 3.63) is 63.1 Å². The highest BCUT2D eigenvalue weighted by Gasteiger charge is 2.39. The molecule has 100 valence electrons. The molecule has 0 N–H and O–H groups in total. The Bertz CT molecular complexity index is 751. The second kappa shape index (κ2) is 4.08. The maximum Gasteiger partial charge on any atom is 0.0222 e. The zero-order chi connectivity index (χ0) is 13.9. The summed E-state index contributed by atoms with van der Waals surface area (Å²) in [7, 11) is 0. The Morgan fingerprint density at radius 2 is 1.80 bits per heavy atom. The van der Waals surface area contributed by atoms with Crippen LogP contribution in [0.5, 0.6) is 0 Å². The van der Waals surface area contributed by atoms with E-state index in [9.17, 15) is 0 Å². The van der Waals surface area contributed by atoms with Crippen LogP contribution in [0.15, 0.2) is 40.9 Å². The van der Waals surface area contributed by atoms with Gasteiger partial charge < -0.3 is 0 Å². The lowest BCUT2D eigenvalue weighted by Gasteiger charge is -2.27. The van der Waals surface area contributed by atoms with Gasteiger partial charge >= 0.3 is 0 Å². The number of fused-ring (bicyclic) bond motifs is 5. The molecule has 20 heavy (non-hydrogen) atoms. The monoisotopic (exact) mass is 324 g/mol. The largest absolute Gasteiger partial charge is 0.0836 e. The third-order valence-corrected chi connectivity index (χ3v) is 5.42. The Kier molecular flexibility index (Phi) is 2.53. The van der Waals surface area contributed by atoms with Gasteiger partial charge in [-0.05, 0) is 52.3 Å². The molecule has 4 rings (SSSR count). The third-order valence-electron chi connectivity index (χ3n) is 4.76. The molecular weight excluding hydrogens is 308 g/mol. The molecule has 0 aromatic heterocycles. The van der Waals surface area contributed by atoms with E-state index in [1.165, 1.54) is 33.1 Å². The Morgan fingerprint density at radius 3 is 2.65 bits per heavy atom. The van der Waals surface area contributed by atoms with Gasteiger partial charge in [0.2, 0.25) is 0 Å². The summed E-state index contributed by atoms with van der Waals surface area (Å²) in [5.74, 6) is 0. The van der Waals surface area contributed by atoms with Gasteiger partial charge in [-0.25, -0.2) is 0 Å². The van der Waals surface area contributed by atoms with Crippen molar-refractivity contribution in [2.45, 2.75) is 32.1 Å². The summed E-state index contributed by atoms with van der Waals surface area (Å²) in [5.41, 5.74) is 8.86. The Hall–Kier alpha value is -1.34. The van der Waals surface area contributed by atoms with Crippen LogP contribution < -0.4 is 0 Å². The van der Waals surface area contributed by atoms with Gasteiger partial charge in [0.1, 0.15) is 0 Å². The predicted octanol–water partition coefficient (Wildman–Crippen LogP) is 5.71. The van der Waals surface area contributed by atoms with Crippen molar-refractivity contribution in [1.82, 2.24) is 0 Å². The molecule has 0 atom stereocenters. The summed E-state index contributed by atoms with van der Waals surface area (Å²) in [6, 6.07) is 11.2. The maximum absolute atomic E-state index is 3.76. The first-order valence-electron chi connectivity index (χ1n) is 7.23. The van der Waals surface area contributed by atoms with Crippen molar-refractivity contribution in [2.75, 3.05) is 0 Å². The normalized spacial score (nSPS) is 17.6. The second-order valence-corrected chi connectivity index (χ2v) is 7.14. The Balaban J connectivity index is 2.11. The SMILES string of the molecule is CC1(C)c2c(Br)cccc2-c2ccc3c(c21)CCC=C3. The molecule has 0 fully saturated rings. The number of halogens is 1. The fourth-order valence-corrected chi connectivity index (χ4v) is 4.84. The first-order valence-corrected chi connectivity index (χ1v) is 8.02. The topological polar surface area (TPSA) is 0 Å². The van der Waals surface area contributed by atoms with Crippen LogP contribution >= 0.6 is 15.9 Å². The number of benzene rings is 2. The van der Waals surface area contributed by atoms with Crippen molar-refractivity contribution < 1.29 is 0 Å². The zero-order valence-electron chi connectivity index (χ0n) is 11.8. The summed E-state index contributed by atoms with van der Waals surface area (Å²) in [6.07, 6.45) is 6.91. The highest BCUT2D eigenvalue weighted by molar-refractivity contribution is 9.10. The molecule has 0 radical (unpaired) electrons. The smallest absolute Gasteiger partial charge is 0.0222 e. The molecule has 0 saturated heterocycles. The lowest BCUT2D eigenvalue weighted by atomic mass is 9.77.